The number of benzene rings is 2. The summed E-state index contributed by atoms with van der Waals surface area (Å²) < 4.78 is 26.8. The summed E-state index contributed by atoms with van der Waals surface area (Å²) in [5.74, 6) is -3.14. The van der Waals surface area contributed by atoms with Crippen LogP contribution in [-0.4, -0.2) is 48.3 Å². The van der Waals surface area contributed by atoms with Crippen molar-refractivity contribution in [2.75, 3.05) is 13.1 Å². The lowest BCUT2D eigenvalue weighted by molar-refractivity contribution is -0.132. The first-order valence-corrected chi connectivity index (χ1v) is 11.6. The van der Waals surface area contributed by atoms with Gasteiger partial charge in [-0.05, 0) is 57.0 Å². The van der Waals surface area contributed by atoms with Gasteiger partial charge < -0.3 is 21.3 Å². The second kappa shape index (κ2) is 13.3. The van der Waals surface area contributed by atoms with Crippen LogP contribution >= 0.6 is 0 Å². The van der Waals surface area contributed by atoms with Crippen molar-refractivity contribution >= 4 is 23.6 Å². The van der Waals surface area contributed by atoms with Gasteiger partial charge in [0.15, 0.2) is 0 Å². The van der Waals surface area contributed by atoms with Crippen LogP contribution in [0.15, 0.2) is 48.5 Å². The van der Waals surface area contributed by atoms with Gasteiger partial charge in [-0.1, -0.05) is 24.3 Å². The zero-order valence-electron chi connectivity index (χ0n) is 20.6. The number of carbonyl (C=O) groups is 4. The first-order valence-electron chi connectivity index (χ1n) is 11.6. The highest BCUT2D eigenvalue weighted by Gasteiger charge is 2.25. The first-order chi connectivity index (χ1) is 16.9. The molecule has 0 saturated carbocycles. The highest BCUT2D eigenvalue weighted by atomic mass is 19.1. The monoisotopic (exact) mass is 502 g/mol. The molecule has 2 aromatic rings. The maximum absolute atomic E-state index is 13.7. The van der Waals surface area contributed by atoms with Crippen LogP contribution in [0.25, 0.3) is 0 Å². The van der Waals surface area contributed by atoms with Crippen LogP contribution in [0.3, 0.4) is 0 Å². The Morgan fingerprint density at radius 3 is 2.14 bits per heavy atom. The average molecular weight is 503 g/mol. The van der Waals surface area contributed by atoms with Crippen molar-refractivity contribution in [1.82, 2.24) is 21.3 Å². The summed E-state index contributed by atoms with van der Waals surface area (Å²) in [5, 5.41) is 10.4. The molecule has 0 heterocycles. The number of hydrogen-bond acceptors (Lipinski definition) is 4. The van der Waals surface area contributed by atoms with E-state index in [9.17, 15) is 28.0 Å². The van der Waals surface area contributed by atoms with Crippen LogP contribution in [0.4, 0.5) is 8.78 Å². The van der Waals surface area contributed by atoms with Gasteiger partial charge in [-0.25, -0.2) is 8.78 Å². The molecule has 2 rings (SSSR count). The van der Waals surface area contributed by atoms with Gasteiger partial charge in [0.2, 0.25) is 17.7 Å². The number of amides is 4. The van der Waals surface area contributed by atoms with Crippen LogP contribution in [0.1, 0.15) is 49.5 Å². The number of hydrogen-bond donors (Lipinski definition) is 4. The molecule has 0 spiro atoms. The highest BCUT2D eigenvalue weighted by molar-refractivity contribution is 5.94. The van der Waals surface area contributed by atoms with E-state index >= 15 is 0 Å². The largest absolute Gasteiger partial charge is 0.353 e. The number of aryl methyl sites for hydroxylation is 1. The fraction of sp³-hybridized carbons (Fsp3) is 0.385. The van der Waals surface area contributed by atoms with E-state index in [4.69, 9.17) is 0 Å². The van der Waals surface area contributed by atoms with E-state index in [2.05, 4.69) is 21.3 Å². The first kappa shape index (κ1) is 28.4. The Hall–Kier alpha value is -3.82. The minimum Gasteiger partial charge on any atom is -0.353 e. The van der Waals surface area contributed by atoms with Gasteiger partial charge in [0, 0.05) is 25.0 Å². The van der Waals surface area contributed by atoms with E-state index in [1.54, 1.807) is 32.9 Å². The molecule has 0 fully saturated rings. The molecular weight excluding hydrogens is 470 g/mol. The Kier molecular flexibility index (Phi) is 10.5. The molecule has 1 unspecified atom stereocenters. The molecule has 36 heavy (non-hydrogen) atoms. The van der Waals surface area contributed by atoms with Crippen LogP contribution in [0, 0.1) is 11.6 Å². The van der Waals surface area contributed by atoms with E-state index in [0.29, 0.717) is 6.42 Å². The SMILES string of the molecule is CC(C)(C)NC(=O)CC(NC(=O)CCc1ccc(F)cc1)C(=O)NCCNC(=O)c1ccccc1F. The van der Waals surface area contributed by atoms with Crippen molar-refractivity contribution < 1.29 is 28.0 Å². The molecule has 0 aliphatic heterocycles. The Bertz CT molecular complexity index is 1070. The number of halogens is 2. The van der Waals surface area contributed by atoms with Crippen molar-refractivity contribution in [3.8, 4) is 0 Å². The third-order valence-electron chi connectivity index (χ3n) is 4.94. The molecule has 0 saturated heterocycles. The van der Waals surface area contributed by atoms with Gasteiger partial charge in [-0.2, -0.15) is 0 Å². The van der Waals surface area contributed by atoms with Gasteiger partial charge in [0.1, 0.15) is 17.7 Å². The molecule has 0 aromatic heterocycles. The molecule has 0 aliphatic carbocycles. The van der Waals surface area contributed by atoms with Gasteiger partial charge >= 0.3 is 0 Å². The zero-order chi connectivity index (χ0) is 26.7. The van der Waals surface area contributed by atoms with Crippen LogP contribution in [-0.2, 0) is 20.8 Å². The third-order valence-corrected chi connectivity index (χ3v) is 4.94. The van der Waals surface area contributed by atoms with Gasteiger partial charge in [-0.15, -0.1) is 0 Å². The topological polar surface area (TPSA) is 116 Å². The molecule has 0 bridgehead atoms. The molecular formula is C26H32F2N4O4. The third kappa shape index (κ3) is 10.2. The summed E-state index contributed by atoms with van der Waals surface area (Å²) in [5.41, 5.74) is 0.111. The van der Waals surface area contributed by atoms with E-state index < -0.39 is 41.0 Å². The molecule has 4 amide bonds. The maximum Gasteiger partial charge on any atom is 0.254 e. The summed E-state index contributed by atoms with van der Waals surface area (Å²) in [6, 6.07) is 10.1. The summed E-state index contributed by atoms with van der Waals surface area (Å²) in [6.07, 6.45) is 0.0820. The Balaban J connectivity index is 1.91. The fourth-order valence-corrected chi connectivity index (χ4v) is 3.26. The van der Waals surface area contributed by atoms with Crippen LogP contribution < -0.4 is 21.3 Å². The lowest BCUT2D eigenvalue weighted by Gasteiger charge is -2.23. The van der Waals surface area contributed by atoms with E-state index in [-0.39, 0.29) is 37.3 Å². The van der Waals surface area contributed by atoms with Crippen molar-refractivity contribution in [3.63, 3.8) is 0 Å². The second-order valence-corrected chi connectivity index (χ2v) is 9.28. The number of rotatable bonds is 11. The summed E-state index contributed by atoms with van der Waals surface area (Å²) in [6.45, 7) is 5.39. The van der Waals surface area contributed by atoms with Gasteiger partial charge in [-0.3, -0.25) is 19.2 Å². The summed E-state index contributed by atoms with van der Waals surface area (Å²) in [4.78, 5) is 49.7. The second-order valence-electron chi connectivity index (χ2n) is 9.28. The number of carbonyl (C=O) groups excluding carboxylic acids is 4. The fourth-order valence-electron chi connectivity index (χ4n) is 3.26. The molecule has 8 nitrogen and oxygen atoms in total. The number of nitrogens with one attached hydrogen (secondary N) is 4. The standard InChI is InChI=1S/C26H32F2N4O4/c1-26(2,3)32-23(34)16-21(31-22(33)13-10-17-8-11-18(27)12-9-17)25(36)30-15-14-29-24(35)19-6-4-5-7-20(19)28/h4-9,11-12,21H,10,13-16H2,1-3H3,(H,29,35)(H,30,36)(H,31,33)(H,32,34). The molecule has 0 aliphatic rings. The van der Waals surface area contributed by atoms with Crippen LogP contribution in [0.2, 0.25) is 0 Å². The summed E-state index contributed by atoms with van der Waals surface area (Å²) in [7, 11) is 0. The molecule has 1 atom stereocenters. The van der Waals surface area contributed by atoms with E-state index in [0.717, 1.165) is 5.56 Å². The van der Waals surface area contributed by atoms with Crippen LogP contribution in [0.5, 0.6) is 0 Å². The van der Waals surface area contributed by atoms with Gasteiger partial charge in [0.05, 0.1) is 12.0 Å². The Morgan fingerprint density at radius 1 is 0.861 bits per heavy atom. The molecule has 194 valence electrons. The average Bonchev–Trinajstić information content (AvgIpc) is 2.80. The van der Waals surface area contributed by atoms with E-state index in [1.807, 2.05) is 0 Å². The Morgan fingerprint density at radius 2 is 1.50 bits per heavy atom. The molecule has 10 heteroatoms. The van der Waals surface area contributed by atoms with Crippen molar-refractivity contribution in [3.05, 3.63) is 71.3 Å². The Labute approximate surface area is 209 Å². The van der Waals surface area contributed by atoms with Crippen molar-refractivity contribution in [2.24, 2.45) is 0 Å². The zero-order valence-corrected chi connectivity index (χ0v) is 20.6. The predicted octanol–water partition coefficient (Wildman–Crippen LogP) is 2.23. The highest BCUT2D eigenvalue weighted by Crippen LogP contribution is 2.07. The lowest BCUT2D eigenvalue weighted by Crippen LogP contribution is -2.51. The van der Waals surface area contributed by atoms with Gasteiger partial charge in [0.25, 0.3) is 5.91 Å². The quantitative estimate of drug-likeness (QED) is 0.353. The lowest BCUT2D eigenvalue weighted by atomic mass is 10.1. The van der Waals surface area contributed by atoms with E-state index in [1.165, 1.54) is 36.4 Å². The smallest absolute Gasteiger partial charge is 0.254 e. The molecule has 2 aromatic carbocycles. The minimum absolute atomic E-state index is 0.00185. The van der Waals surface area contributed by atoms with Crippen molar-refractivity contribution in [1.29, 1.82) is 0 Å². The summed E-state index contributed by atoms with van der Waals surface area (Å²) >= 11 is 0. The normalized spacial score (nSPS) is 11.8. The predicted molar refractivity (Wildman–Crippen MR) is 131 cm³/mol. The minimum atomic E-state index is -1.14. The molecule has 0 radical (unpaired) electrons. The van der Waals surface area contributed by atoms with Crippen molar-refractivity contribution in [2.45, 2.75) is 51.6 Å². The maximum atomic E-state index is 13.7. The molecule has 4 N–H and O–H groups in total.